The number of anilines is 1. The molecular formula is C9H12N2OS. The first-order valence-corrected chi connectivity index (χ1v) is 4.30. The lowest BCUT2D eigenvalue weighted by Gasteiger charge is -2.18. The Balaban J connectivity index is 3.20. The Morgan fingerprint density at radius 3 is 2.62 bits per heavy atom. The van der Waals surface area contributed by atoms with Gasteiger partial charge in [0.05, 0.1) is 5.69 Å². The van der Waals surface area contributed by atoms with Crippen LogP contribution in [0.25, 0.3) is 0 Å². The van der Waals surface area contributed by atoms with Crippen LogP contribution in [-0.4, -0.2) is 13.1 Å². The fourth-order valence-electron chi connectivity index (χ4n) is 1.19. The maximum absolute atomic E-state index is 10.9. The predicted molar refractivity (Wildman–Crippen MR) is 56.4 cm³/mol. The Morgan fingerprint density at radius 2 is 2.15 bits per heavy atom. The largest absolute Gasteiger partial charge is 0.351 e. The van der Waals surface area contributed by atoms with Crippen molar-refractivity contribution in [3.63, 3.8) is 0 Å². The van der Waals surface area contributed by atoms with Crippen LogP contribution < -0.4 is 10.6 Å². The summed E-state index contributed by atoms with van der Waals surface area (Å²) in [7, 11) is 1.63. The van der Waals surface area contributed by atoms with Crippen LogP contribution in [0.4, 0.5) is 10.5 Å². The summed E-state index contributed by atoms with van der Waals surface area (Å²) in [6, 6.07) is 5.14. The first-order valence-electron chi connectivity index (χ1n) is 3.85. The number of thiol groups is 1. The Kier molecular flexibility index (Phi) is 2.83. The lowest BCUT2D eigenvalue weighted by molar-refractivity contribution is 0.255. The number of urea groups is 1. The number of nitrogens with two attached hydrogens (primary N) is 1. The number of benzene rings is 1. The SMILES string of the molecule is Cc1cccc(S)c1N(C)C(N)=O. The molecule has 0 heterocycles. The second-order valence-electron chi connectivity index (χ2n) is 2.84. The van der Waals surface area contributed by atoms with Gasteiger partial charge < -0.3 is 5.73 Å². The van der Waals surface area contributed by atoms with Crippen molar-refractivity contribution < 1.29 is 4.79 Å². The molecule has 0 aliphatic rings. The van der Waals surface area contributed by atoms with Crippen molar-refractivity contribution in [2.45, 2.75) is 11.8 Å². The summed E-state index contributed by atoms with van der Waals surface area (Å²) in [5.41, 5.74) is 6.90. The average Bonchev–Trinajstić information content (AvgIpc) is 2.03. The second-order valence-corrected chi connectivity index (χ2v) is 3.32. The molecule has 0 aliphatic heterocycles. The van der Waals surface area contributed by atoms with Crippen LogP contribution in [0.3, 0.4) is 0 Å². The number of amides is 2. The van der Waals surface area contributed by atoms with E-state index in [9.17, 15) is 4.79 Å². The number of rotatable bonds is 1. The molecule has 0 fully saturated rings. The van der Waals surface area contributed by atoms with E-state index in [-0.39, 0.29) is 0 Å². The molecule has 3 nitrogen and oxygen atoms in total. The van der Waals surface area contributed by atoms with Crippen molar-refractivity contribution in [2.24, 2.45) is 5.73 Å². The standard InChI is InChI=1S/C9H12N2OS/c1-6-4-3-5-7(13)8(6)11(2)9(10)12/h3-5,13H,1-2H3,(H2,10,12). The number of primary amides is 1. The van der Waals surface area contributed by atoms with Crippen LogP contribution in [0.2, 0.25) is 0 Å². The van der Waals surface area contributed by atoms with Crippen molar-refractivity contribution >= 4 is 24.3 Å². The third-order valence-electron chi connectivity index (χ3n) is 1.88. The van der Waals surface area contributed by atoms with Gasteiger partial charge in [0.15, 0.2) is 0 Å². The van der Waals surface area contributed by atoms with Crippen LogP contribution in [0.5, 0.6) is 0 Å². The fraction of sp³-hybridized carbons (Fsp3) is 0.222. The Labute approximate surface area is 82.9 Å². The summed E-state index contributed by atoms with van der Waals surface area (Å²) in [4.78, 5) is 13.1. The molecule has 0 saturated heterocycles. The molecule has 0 aromatic heterocycles. The summed E-state index contributed by atoms with van der Waals surface area (Å²) >= 11 is 4.25. The van der Waals surface area contributed by atoms with E-state index in [0.29, 0.717) is 0 Å². The van der Waals surface area contributed by atoms with Gasteiger partial charge in [-0.05, 0) is 18.6 Å². The van der Waals surface area contributed by atoms with E-state index < -0.39 is 6.03 Å². The van der Waals surface area contributed by atoms with Crippen molar-refractivity contribution in [2.75, 3.05) is 11.9 Å². The van der Waals surface area contributed by atoms with E-state index in [1.165, 1.54) is 4.90 Å². The van der Waals surface area contributed by atoms with Crippen LogP contribution in [0.15, 0.2) is 23.1 Å². The van der Waals surface area contributed by atoms with Gasteiger partial charge in [0.2, 0.25) is 0 Å². The minimum absolute atomic E-state index is 0.482. The quantitative estimate of drug-likeness (QED) is 0.661. The van der Waals surface area contributed by atoms with Gasteiger partial charge in [0.1, 0.15) is 0 Å². The molecule has 0 aliphatic carbocycles. The van der Waals surface area contributed by atoms with Gasteiger partial charge in [0, 0.05) is 11.9 Å². The van der Waals surface area contributed by atoms with Gasteiger partial charge in [-0.15, -0.1) is 12.6 Å². The van der Waals surface area contributed by atoms with E-state index in [1.807, 2.05) is 25.1 Å². The van der Waals surface area contributed by atoms with E-state index in [0.717, 1.165) is 16.1 Å². The molecule has 13 heavy (non-hydrogen) atoms. The number of carbonyl (C=O) groups excluding carboxylic acids is 1. The van der Waals surface area contributed by atoms with Crippen LogP contribution in [0, 0.1) is 6.92 Å². The highest BCUT2D eigenvalue weighted by molar-refractivity contribution is 7.80. The molecule has 4 heteroatoms. The van der Waals surface area contributed by atoms with Crippen molar-refractivity contribution in [3.05, 3.63) is 23.8 Å². The molecule has 0 bridgehead atoms. The van der Waals surface area contributed by atoms with Gasteiger partial charge in [0.25, 0.3) is 0 Å². The average molecular weight is 196 g/mol. The zero-order valence-corrected chi connectivity index (χ0v) is 8.51. The maximum atomic E-state index is 10.9. The lowest BCUT2D eigenvalue weighted by Crippen LogP contribution is -2.32. The van der Waals surface area contributed by atoms with E-state index in [1.54, 1.807) is 7.05 Å². The number of aryl methyl sites for hydroxylation is 1. The van der Waals surface area contributed by atoms with Crippen molar-refractivity contribution in [1.29, 1.82) is 0 Å². The minimum Gasteiger partial charge on any atom is -0.351 e. The summed E-state index contributed by atoms with van der Waals surface area (Å²) in [5, 5.41) is 0. The third-order valence-corrected chi connectivity index (χ3v) is 2.24. The maximum Gasteiger partial charge on any atom is 0.319 e. The summed E-state index contributed by atoms with van der Waals surface area (Å²) in [5.74, 6) is 0. The Hall–Kier alpha value is -1.16. The minimum atomic E-state index is -0.482. The highest BCUT2D eigenvalue weighted by Crippen LogP contribution is 2.26. The number of hydrogen-bond acceptors (Lipinski definition) is 2. The summed E-state index contributed by atoms with van der Waals surface area (Å²) in [6.07, 6.45) is 0. The first kappa shape index (κ1) is 9.92. The molecule has 2 amide bonds. The molecule has 0 radical (unpaired) electrons. The molecule has 0 saturated carbocycles. The van der Waals surface area contributed by atoms with Gasteiger partial charge in [-0.2, -0.15) is 0 Å². The van der Waals surface area contributed by atoms with Crippen LogP contribution in [0.1, 0.15) is 5.56 Å². The van der Waals surface area contributed by atoms with Crippen molar-refractivity contribution in [1.82, 2.24) is 0 Å². The number of carbonyl (C=O) groups is 1. The highest BCUT2D eigenvalue weighted by Gasteiger charge is 2.11. The van der Waals surface area contributed by atoms with E-state index in [2.05, 4.69) is 12.6 Å². The number of para-hydroxylation sites is 1. The Bertz CT molecular complexity index is 318. The smallest absolute Gasteiger partial charge is 0.319 e. The Morgan fingerprint density at radius 1 is 1.54 bits per heavy atom. The number of nitrogens with zero attached hydrogens (tertiary/aromatic N) is 1. The van der Waals surface area contributed by atoms with Gasteiger partial charge in [-0.25, -0.2) is 4.79 Å². The van der Waals surface area contributed by atoms with Crippen LogP contribution in [-0.2, 0) is 0 Å². The van der Waals surface area contributed by atoms with Gasteiger partial charge >= 0.3 is 6.03 Å². The normalized spacial score (nSPS) is 9.77. The van der Waals surface area contributed by atoms with E-state index >= 15 is 0 Å². The molecule has 1 aromatic rings. The fourth-order valence-corrected chi connectivity index (χ4v) is 1.60. The monoisotopic (exact) mass is 196 g/mol. The van der Waals surface area contributed by atoms with Crippen molar-refractivity contribution in [3.8, 4) is 0 Å². The van der Waals surface area contributed by atoms with E-state index in [4.69, 9.17) is 5.73 Å². The number of hydrogen-bond donors (Lipinski definition) is 2. The summed E-state index contributed by atoms with van der Waals surface area (Å²) in [6.45, 7) is 1.91. The molecule has 0 spiro atoms. The second kappa shape index (κ2) is 3.70. The topological polar surface area (TPSA) is 46.3 Å². The van der Waals surface area contributed by atoms with Gasteiger partial charge in [-0.1, -0.05) is 12.1 Å². The van der Waals surface area contributed by atoms with Gasteiger partial charge in [-0.3, -0.25) is 4.90 Å². The molecule has 1 aromatic carbocycles. The van der Waals surface area contributed by atoms with Crippen LogP contribution >= 0.6 is 12.6 Å². The zero-order valence-electron chi connectivity index (χ0n) is 7.61. The summed E-state index contributed by atoms with van der Waals surface area (Å²) < 4.78 is 0. The molecule has 0 unspecified atom stereocenters. The molecule has 70 valence electrons. The zero-order chi connectivity index (χ0) is 10.0. The predicted octanol–water partition coefficient (Wildman–Crippen LogP) is 1.80. The molecule has 0 atom stereocenters. The molecule has 2 N–H and O–H groups in total. The lowest BCUT2D eigenvalue weighted by atomic mass is 10.2. The third kappa shape index (κ3) is 1.95. The molecular weight excluding hydrogens is 184 g/mol. The highest BCUT2D eigenvalue weighted by atomic mass is 32.1. The molecule has 1 rings (SSSR count). The first-order chi connectivity index (χ1) is 6.04.